The third-order valence-electron chi connectivity index (χ3n) is 6.55. The largest absolute Gasteiger partial charge is 0.459 e. The van der Waals surface area contributed by atoms with Gasteiger partial charge in [0.25, 0.3) is 0 Å². The molecule has 0 saturated carbocycles. The monoisotopic (exact) mass is 496 g/mol. The first-order valence-corrected chi connectivity index (χ1v) is 12.5. The van der Waals surface area contributed by atoms with Gasteiger partial charge in [-0.1, -0.05) is 29.8 Å². The van der Waals surface area contributed by atoms with Crippen molar-refractivity contribution in [3.05, 3.63) is 76.8 Å². The van der Waals surface area contributed by atoms with Crippen LogP contribution in [0.2, 0.25) is 5.02 Å². The lowest BCUT2D eigenvalue weighted by Gasteiger charge is -2.29. The fraction of sp³-hybridized carbons (Fsp3) is 0.385. The first-order valence-electron chi connectivity index (χ1n) is 11.7. The van der Waals surface area contributed by atoms with Gasteiger partial charge in [0.2, 0.25) is 0 Å². The fourth-order valence-corrected chi connectivity index (χ4v) is 5.17. The summed E-state index contributed by atoms with van der Waals surface area (Å²) in [6.45, 7) is 7.46. The van der Waals surface area contributed by atoms with Crippen molar-refractivity contribution in [2.75, 3.05) is 39.4 Å². The van der Waals surface area contributed by atoms with Crippen molar-refractivity contribution >= 4 is 28.9 Å². The summed E-state index contributed by atoms with van der Waals surface area (Å²) in [6.07, 6.45) is 2.83. The van der Waals surface area contributed by atoms with Gasteiger partial charge in [0, 0.05) is 43.0 Å². The van der Waals surface area contributed by atoms with Gasteiger partial charge in [-0.3, -0.25) is 9.88 Å². The zero-order chi connectivity index (χ0) is 23.5. The van der Waals surface area contributed by atoms with Crippen molar-refractivity contribution in [3.63, 3.8) is 0 Å². The summed E-state index contributed by atoms with van der Waals surface area (Å²) in [6, 6.07) is 15.9. The molecule has 2 aromatic heterocycles. The van der Waals surface area contributed by atoms with Crippen LogP contribution in [0.5, 0.6) is 0 Å². The summed E-state index contributed by atoms with van der Waals surface area (Å²) in [5, 5.41) is 4.97. The predicted molar refractivity (Wildman–Crippen MR) is 138 cm³/mol. The average molecular weight is 497 g/mol. The van der Waals surface area contributed by atoms with Crippen LogP contribution in [0.1, 0.15) is 35.5 Å². The van der Waals surface area contributed by atoms with Gasteiger partial charge < -0.3 is 19.4 Å². The molecule has 6 nitrogen and oxygen atoms in total. The molecule has 5 rings (SSSR count). The van der Waals surface area contributed by atoms with Crippen molar-refractivity contribution in [2.24, 2.45) is 0 Å². The minimum atomic E-state index is -0.0855. The third-order valence-corrected chi connectivity index (χ3v) is 7.31. The number of aryl methyl sites for hydroxylation is 1. The van der Waals surface area contributed by atoms with Crippen LogP contribution in [0.4, 0.5) is 0 Å². The van der Waals surface area contributed by atoms with E-state index in [1.165, 1.54) is 0 Å². The number of morpholine rings is 1. The van der Waals surface area contributed by atoms with E-state index in [9.17, 15) is 0 Å². The second-order valence-corrected chi connectivity index (χ2v) is 9.59. The van der Waals surface area contributed by atoms with Crippen LogP contribution in [0.25, 0.3) is 11.3 Å². The van der Waals surface area contributed by atoms with Crippen LogP contribution in [0.15, 0.2) is 59.1 Å². The number of rotatable bonds is 7. The van der Waals surface area contributed by atoms with Crippen molar-refractivity contribution in [1.82, 2.24) is 20.1 Å². The number of pyridine rings is 1. The topological polar surface area (TPSA) is 53.8 Å². The molecule has 3 aromatic rings. The highest BCUT2D eigenvalue weighted by Crippen LogP contribution is 2.40. The van der Waals surface area contributed by atoms with Crippen molar-refractivity contribution in [2.45, 2.75) is 25.4 Å². The Labute approximate surface area is 210 Å². The van der Waals surface area contributed by atoms with Crippen LogP contribution in [-0.2, 0) is 4.74 Å². The van der Waals surface area contributed by atoms with Gasteiger partial charge in [0.15, 0.2) is 5.11 Å². The number of benzene rings is 1. The van der Waals surface area contributed by atoms with E-state index in [-0.39, 0.29) is 12.1 Å². The average Bonchev–Trinajstić information content (AvgIpc) is 3.47. The quantitative estimate of drug-likeness (QED) is 0.462. The van der Waals surface area contributed by atoms with E-state index in [2.05, 4.69) is 20.1 Å². The Hall–Kier alpha value is -2.45. The molecule has 2 fully saturated rings. The van der Waals surface area contributed by atoms with E-state index in [0.29, 0.717) is 0 Å². The Balaban J connectivity index is 1.40. The number of thiocarbonyl (C=S) groups is 1. The molecule has 0 bridgehead atoms. The lowest BCUT2D eigenvalue weighted by molar-refractivity contribution is 0.0365. The van der Waals surface area contributed by atoms with Crippen LogP contribution >= 0.6 is 23.8 Å². The number of ether oxygens (including phenoxy) is 1. The van der Waals surface area contributed by atoms with Crippen molar-refractivity contribution < 1.29 is 9.15 Å². The van der Waals surface area contributed by atoms with E-state index in [4.69, 9.17) is 33.0 Å². The maximum absolute atomic E-state index is 6.42. The molecule has 0 radical (unpaired) electrons. The summed E-state index contributed by atoms with van der Waals surface area (Å²) in [4.78, 5) is 9.32. The van der Waals surface area contributed by atoms with E-state index in [0.717, 1.165) is 84.3 Å². The number of hydrogen-bond acceptors (Lipinski definition) is 5. The minimum Gasteiger partial charge on any atom is -0.459 e. The highest BCUT2D eigenvalue weighted by molar-refractivity contribution is 7.80. The Morgan fingerprint density at radius 2 is 1.97 bits per heavy atom. The number of hydrogen-bond donors (Lipinski definition) is 1. The van der Waals surface area contributed by atoms with Gasteiger partial charge in [-0.05, 0) is 61.5 Å². The zero-order valence-electron chi connectivity index (χ0n) is 19.2. The Morgan fingerprint density at radius 3 is 2.74 bits per heavy atom. The first kappa shape index (κ1) is 23.3. The molecule has 34 heavy (non-hydrogen) atoms. The lowest BCUT2D eigenvalue weighted by Crippen LogP contribution is -2.38. The first-order chi connectivity index (χ1) is 16.6. The van der Waals surface area contributed by atoms with Crippen LogP contribution in [0, 0.1) is 6.92 Å². The zero-order valence-corrected chi connectivity index (χ0v) is 20.8. The summed E-state index contributed by atoms with van der Waals surface area (Å²) >= 11 is 12.2. The van der Waals surface area contributed by atoms with E-state index in [1.807, 2.05) is 61.7 Å². The van der Waals surface area contributed by atoms with E-state index in [1.54, 1.807) is 0 Å². The number of halogens is 1. The summed E-state index contributed by atoms with van der Waals surface area (Å²) in [7, 11) is 0. The Kier molecular flexibility index (Phi) is 7.15. The van der Waals surface area contributed by atoms with Gasteiger partial charge in [0.1, 0.15) is 17.6 Å². The normalized spacial score (nSPS) is 21.1. The van der Waals surface area contributed by atoms with E-state index < -0.39 is 0 Å². The maximum atomic E-state index is 6.42. The molecule has 0 spiro atoms. The minimum absolute atomic E-state index is 0.0817. The number of aromatic nitrogens is 1. The van der Waals surface area contributed by atoms with Crippen molar-refractivity contribution in [1.29, 1.82) is 0 Å². The Morgan fingerprint density at radius 1 is 1.12 bits per heavy atom. The molecule has 0 unspecified atom stereocenters. The molecule has 2 aliphatic heterocycles. The number of nitrogens with one attached hydrogen (secondary N) is 1. The molecule has 8 heteroatoms. The molecule has 1 N–H and O–H groups in total. The fourth-order valence-electron chi connectivity index (χ4n) is 4.66. The van der Waals surface area contributed by atoms with Gasteiger partial charge in [-0.2, -0.15) is 0 Å². The molecule has 1 aromatic carbocycles. The van der Waals surface area contributed by atoms with Crippen molar-refractivity contribution in [3.8, 4) is 11.3 Å². The molecule has 178 valence electrons. The predicted octanol–water partition coefficient (Wildman–Crippen LogP) is 5.00. The molecular formula is C26H29ClN4O2S. The van der Waals surface area contributed by atoms with Crippen LogP contribution in [0.3, 0.4) is 0 Å². The van der Waals surface area contributed by atoms with Gasteiger partial charge >= 0.3 is 0 Å². The number of nitrogens with zero attached hydrogens (tertiary/aromatic N) is 3. The molecule has 0 amide bonds. The SMILES string of the molecule is Cc1ccc(-c2ccc([C@@H]3[C@H](c4ccccn4)NC(=S)N3CCCN3CCOCC3)o2)cc1Cl. The van der Waals surface area contributed by atoms with Gasteiger partial charge in [0.05, 0.1) is 24.9 Å². The molecule has 0 aliphatic carbocycles. The lowest BCUT2D eigenvalue weighted by atomic mass is 10.0. The highest BCUT2D eigenvalue weighted by Gasteiger charge is 2.41. The Bertz CT molecular complexity index is 1130. The molecule has 4 heterocycles. The van der Waals surface area contributed by atoms with E-state index >= 15 is 0 Å². The smallest absolute Gasteiger partial charge is 0.170 e. The van der Waals surface area contributed by atoms with Gasteiger partial charge in [-0.25, -0.2) is 0 Å². The van der Waals surface area contributed by atoms with Gasteiger partial charge in [-0.15, -0.1) is 0 Å². The second-order valence-electron chi connectivity index (χ2n) is 8.79. The molecule has 2 aliphatic rings. The summed E-state index contributed by atoms with van der Waals surface area (Å²) in [5.41, 5.74) is 2.95. The molecule has 2 saturated heterocycles. The standard InChI is InChI=1S/C26H29ClN4O2S/c1-18-6-7-19(17-20(18)27)22-8-9-23(33-22)25-24(21-5-2-3-10-28-21)29-26(34)31(25)12-4-11-30-13-15-32-16-14-30/h2-3,5-10,17,24-25H,4,11-16H2,1H3,(H,29,34)/t24-,25+/m0/s1. The summed E-state index contributed by atoms with van der Waals surface area (Å²) < 4.78 is 11.9. The summed E-state index contributed by atoms with van der Waals surface area (Å²) in [5.74, 6) is 1.66. The highest BCUT2D eigenvalue weighted by atomic mass is 35.5. The number of furan rings is 1. The second kappa shape index (κ2) is 10.4. The molecular weight excluding hydrogens is 468 g/mol. The molecule has 2 atom stereocenters. The maximum Gasteiger partial charge on any atom is 0.170 e. The van der Waals surface area contributed by atoms with Crippen LogP contribution in [-0.4, -0.2) is 59.3 Å². The van der Waals surface area contributed by atoms with Crippen LogP contribution < -0.4 is 5.32 Å². The third kappa shape index (κ3) is 4.98.